The van der Waals surface area contributed by atoms with Gasteiger partial charge in [-0.2, -0.15) is 0 Å². The third kappa shape index (κ3) is 9.62. The van der Waals surface area contributed by atoms with E-state index < -0.39 is 5.79 Å². The molecule has 0 bridgehead atoms. The molecule has 0 aromatic rings. The number of allylic oxidation sites excluding steroid dienone is 1. The number of hydrogen-bond acceptors (Lipinski definition) is 3. The molecule has 0 aliphatic heterocycles. The first-order valence-corrected chi connectivity index (χ1v) is 4.54. The van der Waals surface area contributed by atoms with Crippen LogP contribution >= 0.6 is 0 Å². The molecule has 6 N–H and O–H groups in total. The quantitative estimate of drug-likeness (QED) is 0.304. The first kappa shape index (κ1) is 11.6. The smallest absolute Gasteiger partial charge is 0.115 e. The molecule has 0 spiro atoms. The van der Waals surface area contributed by atoms with Crippen LogP contribution in [-0.2, 0) is 0 Å². The molecule has 0 aromatic carbocycles. The van der Waals surface area contributed by atoms with Gasteiger partial charge < -0.3 is 17.2 Å². The standard InChI is InChI=1S/C9H21N3/c1-2-3-4-5-6-7-8-9(10,11)12/h2H,1,3-8,10-12H2. The molecular formula is C9H21N3. The van der Waals surface area contributed by atoms with Crippen LogP contribution < -0.4 is 17.2 Å². The van der Waals surface area contributed by atoms with E-state index in [9.17, 15) is 0 Å². The van der Waals surface area contributed by atoms with Crippen molar-refractivity contribution < 1.29 is 0 Å². The molecule has 0 aromatic heterocycles. The molecule has 0 aliphatic carbocycles. The highest BCUT2D eigenvalue weighted by atomic mass is 15.1. The van der Waals surface area contributed by atoms with Gasteiger partial charge in [0.1, 0.15) is 5.79 Å². The van der Waals surface area contributed by atoms with E-state index in [1.165, 1.54) is 12.8 Å². The second-order valence-corrected chi connectivity index (χ2v) is 3.35. The van der Waals surface area contributed by atoms with E-state index in [1.807, 2.05) is 6.08 Å². The Kier molecular flexibility index (Phi) is 5.98. The Balaban J connectivity index is 3.06. The molecule has 0 heterocycles. The Hall–Kier alpha value is -0.380. The zero-order valence-electron chi connectivity index (χ0n) is 7.76. The summed E-state index contributed by atoms with van der Waals surface area (Å²) < 4.78 is 0. The van der Waals surface area contributed by atoms with E-state index in [-0.39, 0.29) is 0 Å². The van der Waals surface area contributed by atoms with Gasteiger partial charge in [0.05, 0.1) is 0 Å². The summed E-state index contributed by atoms with van der Waals surface area (Å²) in [4.78, 5) is 0. The maximum atomic E-state index is 5.42. The number of unbranched alkanes of at least 4 members (excludes halogenated alkanes) is 4. The topological polar surface area (TPSA) is 78.1 Å². The fourth-order valence-corrected chi connectivity index (χ4v) is 1.07. The van der Waals surface area contributed by atoms with E-state index in [0.717, 1.165) is 19.3 Å². The van der Waals surface area contributed by atoms with Crippen LogP contribution in [0.1, 0.15) is 38.5 Å². The molecule has 3 nitrogen and oxygen atoms in total. The third-order valence-electron chi connectivity index (χ3n) is 1.77. The number of rotatable bonds is 7. The molecule has 0 atom stereocenters. The van der Waals surface area contributed by atoms with Gasteiger partial charge in [-0.15, -0.1) is 6.58 Å². The lowest BCUT2D eigenvalue weighted by Gasteiger charge is -2.17. The van der Waals surface area contributed by atoms with Gasteiger partial charge in [0.15, 0.2) is 0 Å². The third-order valence-corrected chi connectivity index (χ3v) is 1.77. The SMILES string of the molecule is C=CCCCCCCC(N)(N)N. The van der Waals surface area contributed by atoms with Crippen LogP contribution in [0.15, 0.2) is 12.7 Å². The van der Waals surface area contributed by atoms with Crippen molar-refractivity contribution in [3.8, 4) is 0 Å². The highest BCUT2D eigenvalue weighted by Crippen LogP contribution is 2.07. The van der Waals surface area contributed by atoms with Crippen molar-refractivity contribution in [3.05, 3.63) is 12.7 Å². The normalized spacial score (nSPS) is 11.6. The molecule has 0 saturated carbocycles. The summed E-state index contributed by atoms with van der Waals surface area (Å²) in [6.45, 7) is 3.66. The molecule has 3 heteroatoms. The highest BCUT2D eigenvalue weighted by molar-refractivity contribution is 4.68. The lowest BCUT2D eigenvalue weighted by Crippen LogP contribution is -2.57. The van der Waals surface area contributed by atoms with E-state index >= 15 is 0 Å². The van der Waals surface area contributed by atoms with Crippen LogP contribution in [0.2, 0.25) is 0 Å². The van der Waals surface area contributed by atoms with Gasteiger partial charge in [0.25, 0.3) is 0 Å². The second kappa shape index (κ2) is 6.17. The van der Waals surface area contributed by atoms with Gasteiger partial charge in [-0.05, 0) is 25.7 Å². The first-order chi connectivity index (χ1) is 5.56. The minimum Gasteiger partial charge on any atom is -0.301 e. The fourth-order valence-electron chi connectivity index (χ4n) is 1.07. The van der Waals surface area contributed by atoms with Crippen molar-refractivity contribution in [2.24, 2.45) is 17.2 Å². The van der Waals surface area contributed by atoms with E-state index in [4.69, 9.17) is 17.2 Å². The average Bonchev–Trinajstić information content (AvgIpc) is 1.94. The summed E-state index contributed by atoms with van der Waals surface area (Å²) in [6, 6.07) is 0. The minimum atomic E-state index is -0.974. The van der Waals surface area contributed by atoms with Crippen molar-refractivity contribution in [1.29, 1.82) is 0 Å². The molecular weight excluding hydrogens is 150 g/mol. The van der Waals surface area contributed by atoms with Gasteiger partial charge >= 0.3 is 0 Å². The Bertz CT molecular complexity index is 115. The molecule has 0 rings (SSSR count). The summed E-state index contributed by atoms with van der Waals surface area (Å²) in [6.07, 6.45) is 8.32. The van der Waals surface area contributed by atoms with Gasteiger partial charge in [-0.3, -0.25) is 0 Å². The van der Waals surface area contributed by atoms with Crippen molar-refractivity contribution in [3.63, 3.8) is 0 Å². The van der Waals surface area contributed by atoms with Crippen LogP contribution in [0.5, 0.6) is 0 Å². The molecule has 0 fully saturated rings. The summed E-state index contributed by atoms with van der Waals surface area (Å²) in [5.41, 5.74) is 16.2. The van der Waals surface area contributed by atoms with Crippen molar-refractivity contribution in [2.75, 3.05) is 0 Å². The summed E-state index contributed by atoms with van der Waals surface area (Å²) in [7, 11) is 0. The molecule has 0 radical (unpaired) electrons. The fraction of sp³-hybridized carbons (Fsp3) is 0.778. The monoisotopic (exact) mass is 171 g/mol. The Labute approximate surface area is 75.0 Å². The van der Waals surface area contributed by atoms with Crippen molar-refractivity contribution >= 4 is 0 Å². The Morgan fingerprint density at radius 2 is 1.58 bits per heavy atom. The molecule has 12 heavy (non-hydrogen) atoms. The summed E-state index contributed by atoms with van der Waals surface area (Å²) in [5.74, 6) is -0.974. The van der Waals surface area contributed by atoms with E-state index in [0.29, 0.717) is 6.42 Å². The molecule has 0 unspecified atom stereocenters. The molecule has 72 valence electrons. The minimum absolute atomic E-state index is 0.696. The average molecular weight is 171 g/mol. The Morgan fingerprint density at radius 3 is 2.08 bits per heavy atom. The van der Waals surface area contributed by atoms with Gasteiger partial charge in [-0.25, -0.2) is 0 Å². The lowest BCUT2D eigenvalue weighted by molar-refractivity contribution is 0.401. The van der Waals surface area contributed by atoms with Crippen molar-refractivity contribution in [1.82, 2.24) is 0 Å². The number of hydrogen-bond donors (Lipinski definition) is 3. The van der Waals surface area contributed by atoms with Crippen LogP contribution in [0.3, 0.4) is 0 Å². The zero-order chi connectivity index (χ0) is 9.45. The zero-order valence-corrected chi connectivity index (χ0v) is 7.76. The summed E-state index contributed by atoms with van der Waals surface area (Å²) in [5, 5.41) is 0. The number of nitrogens with two attached hydrogens (primary N) is 3. The molecule has 0 aliphatic rings. The molecule has 0 saturated heterocycles. The molecule has 0 amide bonds. The lowest BCUT2D eigenvalue weighted by atomic mass is 10.1. The predicted molar refractivity (Wildman–Crippen MR) is 53.2 cm³/mol. The van der Waals surface area contributed by atoms with E-state index in [1.54, 1.807) is 0 Å². The van der Waals surface area contributed by atoms with Crippen LogP contribution in [0.4, 0.5) is 0 Å². The van der Waals surface area contributed by atoms with Crippen LogP contribution in [-0.4, -0.2) is 5.79 Å². The first-order valence-electron chi connectivity index (χ1n) is 4.54. The maximum absolute atomic E-state index is 5.42. The Morgan fingerprint density at radius 1 is 1.00 bits per heavy atom. The summed E-state index contributed by atoms with van der Waals surface area (Å²) >= 11 is 0. The predicted octanol–water partition coefficient (Wildman–Crippen LogP) is 1.04. The van der Waals surface area contributed by atoms with Crippen LogP contribution in [0.25, 0.3) is 0 Å². The van der Waals surface area contributed by atoms with Gasteiger partial charge in [0, 0.05) is 0 Å². The van der Waals surface area contributed by atoms with Crippen LogP contribution in [0, 0.1) is 0 Å². The second-order valence-electron chi connectivity index (χ2n) is 3.35. The largest absolute Gasteiger partial charge is 0.301 e. The van der Waals surface area contributed by atoms with Gasteiger partial charge in [-0.1, -0.05) is 18.9 Å². The van der Waals surface area contributed by atoms with E-state index in [2.05, 4.69) is 6.58 Å². The van der Waals surface area contributed by atoms with Crippen molar-refractivity contribution in [2.45, 2.75) is 44.3 Å². The highest BCUT2D eigenvalue weighted by Gasteiger charge is 2.09. The van der Waals surface area contributed by atoms with Gasteiger partial charge in [0.2, 0.25) is 0 Å². The maximum Gasteiger partial charge on any atom is 0.115 e.